The minimum Gasteiger partial charge on any atom is -0.493 e. The summed E-state index contributed by atoms with van der Waals surface area (Å²) in [6.45, 7) is 2.98. The van der Waals surface area contributed by atoms with Crippen molar-refractivity contribution >= 4 is 5.97 Å². The average molecular weight is 260 g/mol. The fourth-order valence-electron chi connectivity index (χ4n) is 3.48. The van der Waals surface area contributed by atoms with Crippen LogP contribution in [0.1, 0.15) is 43.2 Å². The fourth-order valence-corrected chi connectivity index (χ4v) is 3.48. The van der Waals surface area contributed by atoms with Crippen LogP contribution in [0.15, 0.2) is 18.2 Å². The SMILES string of the molecule is CC1CCC(C(=O)O)C(c2ccc3c(c2)CCO3)C1. The number of carbonyl (C=O) groups is 1. The molecule has 0 radical (unpaired) electrons. The van der Waals surface area contributed by atoms with E-state index < -0.39 is 5.97 Å². The highest BCUT2D eigenvalue weighted by Crippen LogP contribution is 2.42. The number of benzene rings is 1. The van der Waals surface area contributed by atoms with Crippen molar-refractivity contribution in [1.29, 1.82) is 0 Å². The predicted molar refractivity (Wildman–Crippen MR) is 72.5 cm³/mol. The van der Waals surface area contributed by atoms with Gasteiger partial charge in [-0.3, -0.25) is 4.79 Å². The van der Waals surface area contributed by atoms with Gasteiger partial charge in [0, 0.05) is 6.42 Å². The molecular formula is C16H20O3. The zero-order valence-corrected chi connectivity index (χ0v) is 11.3. The van der Waals surface area contributed by atoms with Gasteiger partial charge in [0.2, 0.25) is 0 Å². The van der Waals surface area contributed by atoms with E-state index in [1.165, 1.54) is 11.1 Å². The van der Waals surface area contributed by atoms with Gasteiger partial charge in [-0.1, -0.05) is 19.1 Å². The van der Waals surface area contributed by atoms with Crippen LogP contribution in [0.5, 0.6) is 5.75 Å². The Labute approximate surface area is 113 Å². The van der Waals surface area contributed by atoms with E-state index in [0.717, 1.165) is 38.0 Å². The number of hydrogen-bond donors (Lipinski definition) is 1. The number of hydrogen-bond acceptors (Lipinski definition) is 2. The molecule has 102 valence electrons. The summed E-state index contributed by atoms with van der Waals surface area (Å²) in [4.78, 5) is 11.5. The highest BCUT2D eigenvalue weighted by atomic mass is 16.5. The van der Waals surface area contributed by atoms with E-state index in [9.17, 15) is 9.90 Å². The lowest BCUT2D eigenvalue weighted by atomic mass is 9.71. The molecule has 1 aromatic rings. The van der Waals surface area contributed by atoms with Crippen molar-refractivity contribution in [2.45, 2.75) is 38.5 Å². The van der Waals surface area contributed by atoms with Gasteiger partial charge in [0.25, 0.3) is 0 Å². The van der Waals surface area contributed by atoms with Crippen LogP contribution in [0.3, 0.4) is 0 Å². The Kier molecular flexibility index (Phi) is 3.21. The summed E-state index contributed by atoms with van der Waals surface area (Å²) in [7, 11) is 0. The number of fused-ring (bicyclic) bond motifs is 1. The molecule has 3 unspecified atom stereocenters. The summed E-state index contributed by atoms with van der Waals surface area (Å²) in [5.74, 6) is 0.877. The normalized spacial score (nSPS) is 29.6. The Balaban J connectivity index is 1.91. The van der Waals surface area contributed by atoms with Gasteiger partial charge >= 0.3 is 5.97 Å². The Bertz CT molecular complexity index is 495. The van der Waals surface area contributed by atoms with E-state index >= 15 is 0 Å². The van der Waals surface area contributed by atoms with Crippen LogP contribution in [0.2, 0.25) is 0 Å². The van der Waals surface area contributed by atoms with Gasteiger partial charge in [0.15, 0.2) is 0 Å². The first kappa shape index (κ1) is 12.5. The highest BCUT2D eigenvalue weighted by molar-refractivity contribution is 5.71. The van der Waals surface area contributed by atoms with Crippen molar-refractivity contribution < 1.29 is 14.6 Å². The van der Waals surface area contributed by atoms with E-state index in [-0.39, 0.29) is 11.8 Å². The molecule has 1 aliphatic heterocycles. The van der Waals surface area contributed by atoms with Crippen molar-refractivity contribution in [3.8, 4) is 5.75 Å². The predicted octanol–water partition coefficient (Wildman–Crippen LogP) is 3.23. The van der Waals surface area contributed by atoms with Crippen molar-refractivity contribution in [1.82, 2.24) is 0 Å². The van der Waals surface area contributed by atoms with Crippen molar-refractivity contribution in [2.75, 3.05) is 6.61 Å². The van der Waals surface area contributed by atoms with Crippen LogP contribution in [0.25, 0.3) is 0 Å². The summed E-state index contributed by atoms with van der Waals surface area (Å²) in [6.07, 6.45) is 3.76. The summed E-state index contributed by atoms with van der Waals surface area (Å²) in [5, 5.41) is 9.42. The van der Waals surface area contributed by atoms with Crippen molar-refractivity contribution in [3.05, 3.63) is 29.3 Å². The molecule has 0 saturated heterocycles. The molecule has 0 bridgehead atoms. The molecule has 1 aliphatic carbocycles. The van der Waals surface area contributed by atoms with Crippen LogP contribution >= 0.6 is 0 Å². The Morgan fingerprint density at radius 2 is 2.21 bits per heavy atom. The molecule has 1 fully saturated rings. The summed E-state index contributed by atoms with van der Waals surface area (Å²) in [6, 6.07) is 6.24. The lowest BCUT2D eigenvalue weighted by Gasteiger charge is -2.32. The number of ether oxygens (including phenoxy) is 1. The minimum absolute atomic E-state index is 0.159. The maximum atomic E-state index is 11.5. The molecule has 1 heterocycles. The largest absolute Gasteiger partial charge is 0.493 e. The third-order valence-electron chi connectivity index (χ3n) is 4.57. The van der Waals surface area contributed by atoms with Crippen LogP contribution in [-0.2, 0) is 11.2 Å². The number of carboxylic acids is 1. The Hall–Kier alpha value is -1.51. The molecule has 1 N–H and O–H groups in total. The molecule has 3 heteroatoms. The first-order valence-corrected chi connectivity index (χ1v) is 7.13. The van der Waals surface area contributed by atoms with E-state index in [4.69, 9.17) is 4.74 Å². The first-order valence-electron chi connectivity index (χ1n) is 7.13. The second kappa shape index (κ2) is 4.87. The molecular weight excluding hydrogens is 240 g/mol. The van der Waals surface area contributed by atoms with Gasteiger partial charge in [0.1, 0.15) is 5.75 Å². The van der Waals surface area contributed by atoms with Gasteiger partial charge in [-0.15, -0.1) is 0 Å². The minimum atomic E-state index is -0.645. The van der Waals surface area contributed by atoms with Gasteiger partial charge in [-0.05, 0) is 48.3 Å². The molecule has 3 nitrogen and oxygen atoms in total. The molecule has 19 heavy (non-hydrogen) atoms. The van der Waals surface area contributed by atoms with Crippen molar-refractivity contribution in [2.24, 2.45) is 11.8 Å². The third kappa shape index (κ3) is 2.34. The molecule has 3 rings (SSSR count). The van der Waals surface area contributed by atoms with E-state index in [1.807, 2.05) is 6.07 Å². The van der Waals surface area contributed by atoms with E-state index in [2.05, 4.69) is 19.1 Å². The third-order valence-corrected chi connectivity index (χ3v) is 4.57. The van der Waals surface area contributed by atoms with Crippen LogP contribution in [0, 0.1) is 11.8 Å². The first-order chi connectivity index (χ1) is 9.15. The lowest BCUT2D eigenvalue weighted by molar-refractivity contribution is -0.143. The zero-order chi connectivity index (χ0) is 13.4. The molecule has 1 aromatic carbocycles. The summed E-state index contributed by atoms with van der Waals surface area (Å²) in [5.41, 5.74) is 2.42. The second-order valence-corrected chi connectivity index (χ2v) is 5.94. The molecule has 0 spiro atoms. The molecule has 2 aliphatic rings. The molecule has 1 saturated carbocycles. The summed E-state index contributed by atoms with van der Waals surface area (Å²) >= 11 is 0. The maximum Gasteiger partial charge on any atom is 0.307 e. The van der Waals surface area contributed by atoms with Gasteiger partial charge in [-0.2, -0.15) is 0 Å². The zero-order valence-electron chi connectivity index (χ0n) is 11.3. The Morgan fingerprint density at radius 1 is 1.37 bits per heavy atom. The quantitative estimate of drug-likeness (QED) is 0.888. The molecule has 0 amide bonds. The number of carboxylic acid groups (broad SMARTS) is 1. The smallest absolute Gasteiger partial charge is 0.307 e. The number of aliphatic carboxylic acids is 1. The van der Waals surface area contributed by atoms with Gasteiger partial charge in [-0.25, -0.2) is 0 Å². The maximum absolute atomic E-state index is 11.5. The average Bonchev–Trinajstić information content (AvgIpc) is 2.85. The standard InChI is InChI=1S/C16H20O3/c1-10-2-4-13(16(17)18)14(8-10)11-3-5-15-12(9-11)6-7-19-15/h3,5,9-10,13-14H,2,4,6-8H2,1H3,(H,17,18). The second-order valence-electron chi connectivity index (χ2n) is 5.94. The van der Waals surface area contributed by atoms with Gasteiger partial charge in [0.05, 0.1) is 12.5 Å². The fraction of sp³-hybridized carbons (Fsp3) is 0.562. The lowest BCUT2D eigenvalue weighted by Crippen LogP contribution is -2.28. The van der Waals surface area contributed by atoms with E-state index in [0.29, 0.717) is 5.92 Å². The van der Waals surface area contributed by atoms with E-state index in [1.54, 1.807) is 0 Å². The highest BCUT2D eigenvalue weighted by Gasteiger charge is 2.34. The summed E-state index contributed by atoms with van der Waals surface area (Å²) < 4.78 is 5.52. The topological polar surface area (TPSA) is 46.5 Å². The van der Waals surface area contributed by atoms with Crippen LogP contribution in [-0.4, -0.2) is 17.7 Å². The van der Waals surface area contributed by atoms with Crippen LogP contribution in [0.4, 0.5) is 0 Å². The van der Waals surface area contributed by atoms with Gasteiger partial charge < -0.3 is 9.84 Å². The molecule has 3 atom stereocenters. The number of rotatable bonds is 2. The Morgan fingerprint density at radius 3 is 3.00 bits per heavy atom. The molecule has 0 aromatic heterocycles. The monoisotopic (exact) mass is 260 g/mol. The van der Waals surface area contributed by atoms with Crippen molar-refractivity contribution in [3.63, 3.8) is 0 Å². The van der Waals surface area contributed by atoms with Crippen LogP contribution < -0.4 is 4.74 Å².